The van der Waals surface area contributed by atoms with Gasteiger partial charge in [0.25, 0.3) is 0 Å². The Hall–Kier alpha value is -2.77. The van der Waals surface area contributed by atoms with E-state index in [1.807, 2.05) is 30.6 Å². The third-order valence-corrected chi connectivity index (χ3v) is 6.22. The lowest BCUT2D eigenvalue weighted by Gasteiger charge is -2.28. The number of methoxy groups -OCH3 is 1. The fraction of sp³-hybridized carbons (Fsp3) is 0.375. The zero-order valence-electron chi connectivity index (χ0n) is 18.5. The molecule has 1 N–H and O–H groups in total. The summed E-state index contributed by atoms with van der Waals surface area (Å²) < 4.78 is 7.52. The molecule has 0 radical (unpaired) electrons. The smallest absolute Gasteiger partial charge is 0.170 e. The molecule has 0 bridgehead atoms. The van der Waals surface area contributed by atoms with Gasteiger partial charge in [-0.15, -0.1) is 0 Å². The number of aromatic nitrogens is 3. The van der Waals surface area contributed by atoms with Gasteiger partial charge in [0.1, 0.15) is 5.82 Å². The molecule has 4 heterocycles. The van der Waals surface area contributed by atoms with Gasteiger partial charge in [-0.3, -0.25) is 4.98 Å². The standard InChI is InChI=1S/C24H29N5OS/c1-16-9-11-26-21(14-16)29-17(2)15-19(18(29)3)23-22(20-8-5-6-10-25-20)27-24(31)28(23)12-7-13-30-4/h5-6,8-11,14-15,22-23H,7,12-13H2,1-4H3,(H,27,31)/t22-,23+/m0/s1. The van der Waals surface area contributed by atoms with Gasteiger partial charge in [-0.1, -0.05) is 6.07 Å². The highest BCUT2D eigenvalue weighted by atomic mass is 32.1. The van der Waals surface area contributed by atoms with Gasteiger partial charge < -0.3 is 19.5 Å². The molecule has 1 saturated heterocycles. The summed E-state index contributed by atoms with van der Waals surface area (Å²) in [6, 6.07) is 12.5. The van der Waals surface area contributed by atoms with Crippen LogP contribution in [0.4, 0.5) is 0 Å². The number of hydrogen-bond donors (Lipinski definition) is 1. The number of aryl methyl sites for hydroxylation is 2. The summed E-state index contributed by atoms with van der Waals surface area (Å²) in [6.45, 7) is 7.91. The first-order chi connectivity index (χ1) is 15.0. The number of ether oxygens (including phenoxy) is 1. The molecule has 3 aromatic rings. The van der Waals surface area contributed by atoms with Crippen molar-refractivity contribution >= 4 is 17.3 Å². The van der Waals surface area contributed by atoms with Gasteiger partial charge in [0.15, 0.2) is 5.11 Å². The minimum absolute atomic E-state index is 0.0179. The zero-order chi connectivity index (χ0) is 22.0. The van der Waals surface area contributed by atoms with Gasteiger partial charge in [0, 0.05) is 44.0 Å². The van der Waals surface area contributed by atoms with Crippen molar-refractivity contribution in [3.05, 3.63) is 77.0 Å². The molecule has 0 aliphatic carbocycles. The molecule has 0 unspecified atom stereocenters. The van der Waals surface area contributed by atoms with Crippen molar-refractivity contribution in [2.75, 3.05) is 20.3 Å². The second-order valence-electron chi connectivity index (χ2n) is 8.02. The zero-order valence-corrected chi connectivity index (χ0v) is 19.3. The average molecular weight is 436 g/mol. The Morgan fingerprint density at radius 2 is 1.94 bits per heavy atom. The van der Waals surface area contributed by atoms with E-state index in [4.69, 9.17) is 17.0 Å². The second kappa shape index (κ2) is 9.16. The highest BCUT2D eigenvalue weighted by Crippen LogP contribution is 2.41. The van der Waals surface area contributed by atoms with Crippen molar-refractivity contribution in [1.29, 1.82) is 0 Å². The van der Waals surface area contributed by atoms with Crippen molar-refractivity contribution in [3.8, 4) is 5.82 Å². The molecule has 1 aliphatic heterocycles. The molecule has 0 aromatic carbocycles. The lowest BCUT2D eigenvalue weighted by Crippen LogP contribution is -2.31. The molecular weight excluding hydrogens is 406 g/mol. The first kappa shape index (κ1) is 21.5. The Kier molecular flexibility index (Phi) is 6.34. The average Bonchev–Trinajstić information content (AvgIpc) is 3.24. The fourth-order valence-corrected chi connectivity index (χ4v) is 4.78. The van der Waals surface area contributed by atoms with Crippen molar-refractivity contribution in [2.24, 2.45) is 0 Å². The molecule has 1 aliphatic rings. The van der Waals surface area contributed by atoms with E-state index < -0.39 is 0 Å². The molecule has 7 heteroatoms. The maximum absolute atomic E-state index is 5.76. The van der Waals surface area contributed by atoms with Crippen molar-refractivity contribution in [1.82, 2.24) is 24.8 Å². The van der Waals surface area contributed by atoms with Crippen LogP contribution in [0.3, 0.4) is 0 Å². The van der Waals surface area contributed by atoms with Crippen LogP contribution < -0.4 is 5.32 Å². The van der Waals surface area contributed by atoms with E-state index in [1.165, 1.54) is 16.8 Å². The number of thiocarbonyl (C=S) groups is 1. The minimum Gasteiger partial charge on any atom is -0.385 e. The third kappa shape index (κ3) is 4.20. The van der Waals surface area contributed by atoms with Gasteiger partial charge >= 0.3 is 0 Å². The predicted molar refractivity (Wildman–Crippen MR) is 126 cm³/mol. The summed E-state index contributed by atoms with van der Waals surface area (Å²) in [5.74, 6) is 0.940. The maximum atomic E-state index is 5.76. The van der Waals surface area contributed by atoms with Crippen LogP contribution in [0.2, 0.25) is 0 Å². The Balaban J connectivity index is 1.79. The summed E-state index contributed by atoms with van der Waals surface area (Å²) in [6.07, 6.45) is 4.61. The summed E-state index contributed by atoms with van der Waals surface area (Å²) in [5.41, 5.74) is 5.74. The molecule has 3 aromatic heterocycles. The fourth-order valence-electron chi connectivity index (χ4n) is 4.45. The number of pyridine rings is 2. The highest BCUT2D eigenvalue weighted by molar-refractivity contribution is 7.80. The Labute approximate surface area is 189 Å². The molecule has 0 saturated carbocycles. The number of nitrogens with one attached hydrogen (secondary N) is 1. The van der Waals surface area contributed by atoms with Crippen molar-refractivity contribution in [2.45, 2.75) is 39.3 Å². The van der Waals surface area contributed by atoms with Crippen LogP contribution in [0.25, 0.3) is 5.82 Å². The van der Waals surface area contributed by atoms with Gasteiger partial charge in [0.05, 0.1) is 17.8 Å². The van der Waals surface area contributed by atoms with Crippen molar-refractivity contribution in [3.63, 3.8) is 0 Å². The van der Waals surface area contributed by atoms with E-state index in [1.54, 1.807) is 7.11 Å². The number of rotatable bonds is 7. The minimum atomic E-state index is -0.0179. The summed E-state index contributed by atoms with van der Waals surface area (Å²) in [4.78, 5) is 11.5. The lowest BCUT2D eigenvalue weighted by molar-refractivity contribution is 0.180. The van der Waals surface area contributed by atoms with Gasteiger partial charge in [0.2, 0.25) is 0 Å². The topological polar surface area (TPSA) is 55.2 Å². The van der Waals surface area contributed by atoms with E-state index >= 15 is 0 Å². The molecule has 0 amide bonds. The van der Waals surface area contributed by atoms with E-state index in [-0.39, 0.29) is 12.1 Å². The van der Waals surface area contributed by atoms with E-state index in [2.05, 4.69) is 63.7 Å². The van der Waals surface area contributed by atoms with Crippen molar-refractivity contribution < 1.29 is 4.74 Å². The Morgan fingerprint density at radius 1 is 1.10 bits per heavy atom. The second-order valence-corrected chi connectivity index (χ2v) is 8.41. The molecular formula is C24H29N5OS. The lowest BCUT2D eigenvalue weighted by atomic mass is 9.96. The van der Waals surface area contributed by atoms with Crippen LogP contribution in [-0.2, 0) is 4.74 Å². The molecule has 0 spiro atoms. The molecule has 1 fully saturated rings. The quantitative estimate of drug-likeness (QED) is 0.443. The molecule has 31 heavy (non-hydrogen) atoms. The van der Waals surface area contributed by atoms with Gasteiger partial charge in [-0.2, -0.15) is 0 Å². The van der Waals surface area contributed by atoms with E-state index in [0.29, 0.717) is 6.61 Å². The Morgan fingerprint density at radius 3 is 2.65 bits per heavy atom. The maximum Gasteiger partial charge on any atom is 0.170 e. The first-order valence-corrected chi connectivity index (χ1v) is 11.0. The van der Waals surface area contributed by atoms with Gasteiger partial charge in [-0.25, -0.2) is 4.98 Å². The molecule has 2 atom stereocenters. The Bertz CT molecular complexity index is 1070. The normalized spacial score (nSPS) is 18.5. The van der Waals surface area contributed by atoms with Crippen LogP contribution in [0.1, 0.15) is 46.7 Å². The SMILES string of the molecule is COCCCN1C(=S)N[C@@H](c2ccccn2)[C@H]1c1cc(C)n(-c2cc(C)ccn2)c1C. The van der Waals surface area contributed by atoms with Crippen LogP contribution in [0.5, 0.6) is 0 Å². The molecule has 6 nitrogen and oxygen atoms in total. The van der Waals surface area contributed by atoms with E-state index in [0.717, 1.165) is 35.3 Å². The predicted octanol–water partition coefficient (Wildman–Crippen LogP) is 4.20. The number of hydrogen-bond acceptors (Lipinski definition) is 4. The third-order valence-electron chi connectivity index (χ3n) is 5.86. The largest absolute Gasteiger partial charge is 0.385 e. The first-order valence-electron chi connectivity index (χ1n) is 10.6. The summed E-state index contributed by atoms with van der Waals surface area (Å²) in [7, 11) is 1.73. The summed E-state index contributed by atoms with van der Waals surface area (Å²) >= 11 is 5.76. The molecule has 162 valence electrons. The van der Waals surface area contributed by atoms with Crippen LogP contribution in [-0.4, -0.2) is 44.8 Å². The molecule has 4 rings (SSSR count). The summed E-state index contributed by atoms with van der Waals surface area (Å²) in [5, 5.41) is 4.29. The van der Waals surface area contributed by atoms with Crippen LogP contribution >= 0.6 is 12.2 Å². The van der Waals surface area contributed by atoms with Gasteiger partial charge in [-0.05, 0) is 80.9 Å². The number of nitrogens with zero attached hydrogens (tertiary/aromatic N) is 4. The highest BCUT2D eigenvalue weighted by Gasteiger charge is 2.41. The monoisotopic (exact) mass is 435 g/mol. The van der Waals surface area contributed by atoms with Crippen LogP contribution in [0, 0.1) is 20.8 Å². The van der Waals surface area contributed by atoms with Crippen LogP contribution in [0.15, 0.2) is 48.8 Å². The van der Waals surface area contributed by atoms with E-state index in [9.17, 15) is 0 Å².